The standard InChI is InChI=1S/C17H38N4O.2C2H6/c1-5-18-8-10-19(6-2)12-14-21(17(4)16-22)15-13-20(7-3)11-9-18;2*1-2/h17,22H,5-16H2,1-4H3;2*1-2H3. The van der Waals surface area contributed by atoms with Crippen LogP contribution in [0.5, 0.6) is 0 Å². The van der Waals surface area contributed by atoms with E-state index < -0.39 is 0 Å². The van der Waals surface area contributed by atoms with Gasteiger partial charge in [0.1, 0.15) is 0 Å². The Morgan fingerprint density at radius 2 is 0.885 bits per heavy atom. The maximum atomic E-state index is 9.51. The average molecular weight is 375 g/mol. The molecule has 160 valence electrons. The molecular weight excluding hydrogens is 324 g/mol. The van der Waals surface area contributed by atoms with Crippen LogP contribution >= 0.6 is 0 Å². The van der Waals surface area contributed by atoms with Crippen LogP contribution in [0.4, 0.5) is 0 Å². The minimum absolute atomic E-state index is 0.252. The van der Waals surface area contributed by atoms with Gasteiger partial charge in [-0.1, -0.05) is 48.5 Å². The van der Waals surface area contributed by atoms with E-state index in [1.807, 2.05) is 27.7 Å². The summed E-state index contributed by atoms with van der Waals surface area (Å²) >= 11 is 0. The normalized spacial score (nSPS) is 20.7. The molecule has 0 aromatic rings. The first-order valence-electron chi connectivity index (χ1n) is 11.2. The lowest BCUT2D eigenvalue weighted by atomic mass is 10.2. The highest BCUT2D eigenvalue weighted by Crippen LogP contribution is 2.03. The molecule has 5 nitrogen and oxygen atoms in total. The van der Waals surface area contributed by atoms with Crippen LogP contribution < -0.4 is 0 Å². The van der Waals surface area contributed by atoms with Gasteiger partial charge in [-0.05, 0) is 26.6 Å². The topological polar surface area (TPSA) is 33.2 Å². The third kappa shape index (κ3) is 12.2. The predicted molar refractivity (Wildman–Crippen MR) is 117 cm³/mol. The fourth-order valence-electron chi connectivity index (χ4n) is 3.06. The lowest BCUT2D eigenvalue weighted by molar-refractivity contribution is 0.0937. The molecule has 0 aliphatic carbocycles. The molecule has 1 N–H and O–H groups in total. The second kappa shape index (κ2) is 19.6. The maximum absolute atomic E-state index is 9.51. The summed E-state index contributed by atoms with van der Waals surface area (Å²) in [7, 11) is 0. The number of nitrogens with zero attached hydrogens (tertiary/aromatic N) is 4. The first kappa shape index (κ1) is 28.0. The maximum Gasteiger partial charge on any atom is 0.0584 e. The molecule has 1 heterocycles. The Morgan fingerprint density at radius 1 is 0.615 bits per heavy atom. The Balaban J connectivity index is 0. The van der Waals surface area contributed by atoms with E-state index in [9.17, 15) is 5.11 Å². The van der Waals surface area contributed by atoms with Gasteiger partial charge in [-0.2, -0.15) is 0 Å². The van der Waals surface area contributed by atoms with Crippen molar-refractivity contribution in [3.8, 4) is 0 Å². The molecule has 1 rings (SSSR count). The van der Waals surface area contributed by atoms with E-state index in [1.54, 1.807) is 0 Å². The second-order valence-electron chi connectivity index (χ2n) is 6.37. The van der Waals surface area contributed by atoms with Crippen molar-refractivity contribution in [3.63, 3.8) is 0 Å². The molecule has 1 aliphatic heterocycles. The highest BCUT2D eigenvalue weighted by Gasteiger charge is 2.17. The van der Waals surface area contributed by atoms with Crippen LogP contribution in [0.25, 0.3) is 0 Å². The zero-order chi connectivity index (χ0) is 20.4. The van der Waals surface area contributed by atoms with Crippen LogP contribution in [0, 0.1) is 0 Å². The Morgan fingerprint density at radius 3 is 1.12 bits per heavy atom. The molecule has 1 atom stereocenters. The molecule has 0 bridgehead atoms. The molecular formula is C21H50N4O. The Kier molecular flexibility index (Phi) is 21.1. The summed E-state index contributed by atoms with van der Waals surface area (Å²) in [6.07, 6.45) is 0. The van der Waals surface area contributed by atoms with Crippen molar-refractivity contribution in [1.82, 2.24) is 19.6 Å². The van der Waals surface area contributed by atoms with E-state index in [-0.39, 0.29) is 12.6 Å². The Hall–Kier alpha value is -0.200. The van der Waals surface area contributed by atoms with Gasteiger partial charge < -0.3 is 19.8 Å². The van der Waals surface area contributed by atoms with Crippen molar-refractivity contribution in [2.75, 3.05) is 78.6 Å². The number of likely N-dealkylation sites (N-methyl/N-ethyl adjacent to an activating group) is 3. The fraction of sp³-hybridized carbons (Fsp3) is 1.00. The van der Waals surface area contributed by atoms with Crippen LogP contribution in [0.2, 0.25) is 0 Å². The van der Waals surface area contributed by atoms with E-state index >= 15 is 0 Å². The minimum Gasteiger partial charge on any atom is -0.395 e. The van der Waals surface area contributed by atoms with E-state index in [4.69, 9.17) is 0 Å². The van der Waals surface area contributed by atoms with Gasteiger partial charge in [0.2, 0.25) is 0 Å². The number of aliphatic hydroxyl groups excluding tert-OH is 1. The van der Waals surface area contributed by atoms with Gasteiger partial charge in [0, 0.05) is 58.4 Å². The van der Waals surface area contributed by atoms with Gasteiger partial charge in [0.05, 0.1) is 6.61 Å². The van der Waals surface area contributed by atoms with Gasteiger partial charge >= 0.3 is 0 Å². The highest BCUT2D eigenvalue weighted by molar-refractivity contribution is 4.73. The van der Waals surface area contributed by atoms with Crippen molar-refractivity contribution >= 4 is 0 Å². The van der Waals surface area contributed by atoms with Crippen molar-refractivity contribution < 1.29 is 5.11 Å². The molecule has 0 spiro atoms. The van der Waals surface area contributed by atoms with E-state index in [0.29, 0.717) is 0 Å². The third-order valence-electron chi connectivity index (χ3n) is 5.10. The van der Waals surface area contributed by atoms with Crippen LogP contribution in [0.3, 0.4) is 0 Å². The van der Waals surface area contributed by atoms with E-state index in [0.717, 1.165) is 72.0 Å². The number of aliphatic hydroxyl groups is 1. The number of hydrogen-bond acceptors (Lipinski definition) is 5. The summed E-state index contributed by atoms with van der Waals surface area (Å²) in [5.41, 5.74) is 0. The molecule has 5 heteroatoms. The molecule has 0 saturated carbocycles. The number of rotatable bonds is 5. The Bertz CT molecular complexity index is 259. The monoisotopic (exact) mass is 374 g/mol. The second-order valence-corrected chi connectivity index (χ2v) is 6.37. The predicted octanol–water partition coefficient (Wildman–Crippen LogP) is 2.70. The largest absolute Gasteiger partial charge is 0.395 e. The summed E-state index contributed by atoms with van der Waals surface area (Å²) in [6.45, 7) is 29.5. The molecule has 1 unspecified atom stereocenters. The molecule has 0 radical (unpaired) electrons. The molecule has 26 heavy (non-hydrogen) atoms. The molecule has 0 amide bonds. The molecule has 0 aromatic heterocycles. The van der Waals surface area contributed by atoms with Crippen LogP contribution in [-0.4, -0.2) is 109 Å². The lowest BCUT2D eigenvalue weighted by Crippen LogP contribution is -2.48. The zero-order valence-corrected chi connectivity index (χ0v) is 19.3. The van der Waals surface area contributed by atoms with Crippen LogP contribution in [-0.2, 0) is 0 Å². The van der Waals surface area contributed by atoms with Gasteiger partial charge in [0.25, 0.3) is 0 Å². The van der Waals surface area contributed by atoms with E-state index in [1.165, 1.54) is 0 Å². The quantitative estimate of drug-likeness (QED) is 0.800. The summed E-state index contributed by atoms with van der Waals surface area (Å²) < 4.78 is 0. The Labute approximate surface area is 165 Å². The summed E-state index contributed by atoms with van der Waals surface area (Å²) in [5, 5.41) is 9.51. The van der Waals surface area contributed by atoms with Gasteiger partial charge in [0.15, 0.2) is 0 Å². The molecule has 0 aromatic carbocycles. The third-order valence-corrected chi connectivity index (χ3v) is 5.10. The van der Waals surface area contributed by atoms with Crippen molar-refractivity contribution in [3.05, 3.63) is 0 Å². The van der Waals surface area contributed by atoms with Crippen molar-refractivity contribution in [2.45, 2.75) is 61.4 Å². The number of hydrogen-bond donors (Lipinski definition) is 1. The summed E-state index contributed by atoms with van der Waals surface area (Å²) in [6, 6.07) is 0.257. The fourth-order valence-corrected chi connectivity index (χ4v) is 3.06. The minimum atomic E-state index is 0.252. The zero-order valence-electron chi connectivity index (χ0n) is 19.3. The molecule has 1 aliphatic rings. The average Bonchev–Trinajstić information content (AvgIpc) is 2.71. The van der Waals surface area contributed by atoms with Gasteiger partial charge in [-0.15, -0.1) is 0 Å². The lowest BCUT2D eigenvalue weighted by Gasteiger charge is -2.35. The van der Waals surface area contributed by atoms with Crippen molar-refractivity contribution in [2.24, 2.45) is 0 Å². The van der Waals surface area contributed by atoms with Crippen LogP contribution in [0.1, 0.15) is 55.4 Å². The first-order chi connectivity index (χ1) is 12.6. The SMILES string of the molecule is CC.CC.CCN1CCN(CC)CCN(C(C)CO)CCN(CC)CC1. The highest BCUT2D eigenvalue weighted by atomic mass is 16.3. The summed E-state index contributed by atoms with van der Waals surface area (Å²) in [5.74, 6) is 0. The van der Waals surface area contributed by atoms with Crippen molar-refractivity contribution in [1.29, 1.82) is 0 Å². The smallest absolute Gasteiger partial charge is 0.0584 e. The summed E-state index contributed by atoms with van der Waals surface area (Å²) in [4.78, 5) is 10.1. The molecule has 1 fully saturated rings. The van der Waals surface area contributed by atoms with E-state index in [2.05, 4.69) is 47.3 Å². The van der Waals surface area contributed by atoms with Gasteiger partial charge in [-0.25, -0.2) is 0 Å². The van der Waals surface area contributed by atoms with Gasteiger partial charge in [-0.3, -0.25) is 4.90 Å². The first-order valence-corrected chi connectivity index (χ1v) is 11.2. The van der Waals surface area contributed by atoms with Crippen LogP contribution in [0.15, 0.2) is 0 Å². The molecule has 1 saturated heterocycles.